The molecule has 0 radical (unpaired) electrons. The molecular weight excluding hydrogens is 425 g/mol. The molecule has 1 atom stereocenters. The highest BCUT2D eigenvalue weighted by Gasteiger charge is 2.23. The van der Waals surface area contributed by atoms with Gasteiger partial charge in [-0.1, -0.05) is 43.2 Å². The van der Waals surface area contributed by atoms with E-state index in [0.29, 0.717) is 39.9 Å². The standard InChI is InChI=1S/C25H22FN3O2S/c1-32(31)24-15-29(25-27-13-18(14-28-25)19-4-2-3-5-21(19)26)22-12-17(9-10-20(22)24)23(30)11-8-16-6-7-16/h2-5,9-10,12-16H,6-8,11H2,1H3. The predicted molar refractivity (Wildman–Crippen MR) is 123 cm³/mol. The van der Waals surface area contributed by atoms with Crippen LogP contribution >= 0.6 is 0 Å². The van der Waals surface area contributed by atoms with Crippen molar-refractivity contribution in [3.8, 4) is 17.1 Å². The van der Waals surface area contributed by atoms with E-state index in [1.54, 1.807) is 53.7 Å². The van der Waals surface area contributed by atoms with Gasteiger partial charge in [-0.3, -0.25) is 13.6 Å². The molecule has 0 amide bonds. The van der Waals surface area contributed by atoms with Crippen LogP contribution in [0.1, 0.15) is 36.0 Å². The van der Waals surface area contributed by atoms with E-state index >= 15 is 0 Å². The van der Waals surface area contributed by atoms with Crippen molar-refractivity contribution in [1.82, 2.24) is 14.5 Å². The number of rotatable bonds is 7. The fraction of sp³-hybridized carbons (Fsp3) is 0.240. The average molecular weight is 448 g/mol. The average Bonchev–Trinajstić information content (AvgIpc) is 3.56. The van der Waals surface area contributed by atoms with E-state index in [4.69, 9.17) is 0 Å². The van der Waals surface area contributed by atoms with Gasteiger partial charge in [0.2, 0.25) is 5.95 Å². The summed E-state index contributed by atoms with van der Waals surface area (Å²) in [6.45, 7) is 0. The zero-order valence-electron chi connectivity index (χ0n) is 17.6. The normalized spacial score (nSPS) is 14.6. The summed E-state index contributed by atoms with van der Waals surface area (Å²) < 4.78 is 28.2. The minimum Gasteiger partial charge on any atom is -0.294 e. The van der Waals surface area contributed by atoms with Crippen LogP contribution in [0.5, 0.6) is 0 Å². The maximum atomic E-state index is 14.1. The van der Waals surface area contributed by atoms with Gasteiger partial charge in [0.25, 0.3) is 0 Å². The lowest BCUT2D eigenvalue weighted by Crippen LogP contribution is -2.02. The third kappa shape index (κ3) is 4.00. The smallest absolute Gasteiger partial charge is 0.234 e. The summed E-state index contributed by atoms with van der Waals surface area (Å²) >= 11 is 0. The minimum absolute atomic E-state index is 0.113. The van der Waals surface area contributed by atoms with Gasteiger partial charge in [0.1, 0.15) is 5.82 Å². The van der Waals surface area contributed by atoms with Gasteiger partial charge < -0.3 is 0 Å². The molecule has 1 unspecified atom stereocenters. The van der Waals surface area contributed by atoms with Crippen LogP contribution in [0.15, 0.2) is 66.0 Å². The highest BCUT2D eigenvalue weighted by atomic mass is 32.2. The number of nitrogens with zero attached hydrogens (tertiary/aromatic N) is 3. The second-order valence-corrected chi connectivity index (χ2v) is 9.55. The van der Waals surface area contributed by atoms with E-state index in [-0.39, 0.29) is 11.6 Å². The Labute approximate surface area is 187 Å². The number of Topliss-reactive ketones (excluding diaryl/α,β-unsaturated/α-hetero) is 1. The first-order valence-electron chi connectivity index (χ1n) is 10.6. The lowest BCUT2D eigenvalue weighted by molar-refractivity contribution is 0.0978. The molecule has 5 rings (SSSR count). The molecule has 2 aromatic heterocycles. The van der Waals surface area contributed by atoms with Crippen LogP contribution < -0.4 is 0 Å². The first-order valence-corrected chi connectivity index (χ1v) is 12.2. The molecule has 1 aliphatic carbocycles. The van der Waals surface area contributed by atoms with Crippen LogP contribution in [0.2, 0.25) is 0 Å². The molecule has 1 saturated carbocycles. The minimum atomic E-state index is -1.22. The Morgan fingerprint density at radius 3 is 2.59 bits per heavy atom. The second-order valence-electron chi connectivity index (χ2n) is 8.21. The van der Waals surface area contributed by atoms with Crippen molar-refractivity contribution in [2.24, 2.45) is 5.92 Å². The van der Waals surface area contributed by atoms with E-state index in [1.165, 1.54) is 18.9 Å². The summed E-state index contributed by atoms with van der Waals surface area (Å²) in [6, 6.07) is 12.0. The number of hydrogen-bond acceptors (Lipinski definition) is 4. The van der Waals surface area contributed by atoms with E-state index in [9.17, 15) is 13.4 Å². The molecule has 0 bridgehead atoms. The quantitative estimate of drug-likeness (QED) is 0.359. The zero-order valence-corrected chi connectivity index (χ0v) is 18.4. The maximum Gasteiger partial charge on any atom is 0.234 e. The van der Waals surface area contributed by atoms with Gasteiger partial charge >= 0.3 is 0 Å². The van der Waals surface area contributed by atoms with Crippen LogP contribution in [0.3, 0.4) is 0 Å². The van der Waals surface area contributed by atoms with E-state index in [0.717, 1.165) is 17.3 Å². The zero-order chi connectivity index (χ0) is 22.2. The number of carbonyl (C=O) groups is 1. The van der Waals surface area contributed by atoms with Crippen LogP contribution in [0.4, 0.5) is 4.39 Å². The lowest BCUT2D eigenvalue weighted by atomic mass is 10.0. The molecule has 0 saturated heterocycles. The number of fused-ring (bicyclic) bond motifs is 1. The Bertz CT molecular complexity index is 1340. The van der Waals surface area contributed by atoms with Gasteiger partial charge in [0.15, 0.2) is 5.78 Å². The predicted octanol–water partition coefficient (Wildman–Crippen LogP) is 5.34. The van der Waals surface area contributed by atoms with Gasteiger partial charge in [-0.25, -0.2) is 14.4 Å². The van der Waals surface area contributed by atoms with Gasteiger partial charge in [0.05, 0.1) is 21.2 Å². The molecule has 4 aromatic rings. The summed E-state index contributed by atoms with van der Waals surface area (Å²) in [5, 5.41) is 0.798. The molecular formula is C25H22FN3O2S. The molecule has 0 N–H and O–H groups in total. The Morgan fingerprint density at radius 1 is 1.16 bits per heavy atom. The van der Waals surface area contributed by atoms with Crippen LogP contribution in [-0.2, 0) is 10.8 Å². The van der Waals surface area contributed by atoms with Gasteiger partial charge in [0, 0.05) is 53.3 Å². The Morgan fingerprint density at radius 2 is 1.91 bits per heavy atom. The number of aromatic nitrogens is 3. The van der Waals surface area contributed by atoms with Crippen molar-refractivity contribution < 1.29 is 13.4 Å². The monoisotopic (exact) mass is 447 g/mol. The first kappa shape index (κ1) is 20.7. The lowest BCUT2D eigenvalue weighted by Gasteiger charge is -2.07. The summed E-state index contributed by atoms with van der Waals surface area (Å²) in [5.74, 6) is 0.839. The molecule has 0 aliphatic heterocycles. The topological polar surface area (TPSA) is 64.8 Å². The summed E-state index contributed by atoms with van der Waals surface area (Å²) in [6.07, 6.45) is 10.4. The molecule has 162 valence electrons. The van der Waals surface area contributed by atoms with Crippen molar-refractivity contribution in [1.29, 1.82) is 0 Å². The van der Waals surface area contributed by atoms with Crippen molar-refractivity contribution in [2.45, 2.75) is 30.6 Å². The molecule has 0 spiro atoms. The SMILES string of the molecule is CS(=O)c1cn(-c2ncc(-c3ccccc3F)cn2)c2cc(C(=O)CCC3CC3)ccc12. The summed E-state index contributed by atoms with van der Waals surface area (Å²) in [4.78, 5) is 22.2. The van der Waals surface area contributed by atoms with E-state index in [1.807, 2.05) is 12.1 Å². The number of halogens is 1. The third-order valence-corrected chi connectivity index (χ3v) is 6.86. The fourth-order valence-electron chi connectivity index (χ4n) is 3.93. The van der Waals surface area contributed by atoms with Crippen LogP contribution in [-0.4, -0.2) is 30.8 Å². The van der Waals surface area contributed by atoms with E-state index < -0.39 is 10.8 Å². The van der Waals surface area contributed by atoms with Crippen molar-refractivity contribution in [3.63, 3.8) is 0 Å². The molecule has 1 fully saturated rings. The van der Waals surface area contributed by atoms with Crippen molar-refractivity contribution in [3.05, 3.63) is 72.4 Å². The Kier molecular flexibility index (Phi) is 5.43. The molecule has 5 nitrogen and oxygen atoms in total. The summed E-state index contributed by atoms with van der Waals surface area (Å²) in [5.41, 5.74) is 2.36. The number of ketones is 1. The summed E-state index contributed by atoms with van der Waals surface area (Å²) in [7, 11) is -1.22. The van der Waals surface area contributed by atoms with Gasteiger partial charge in [-0.2, -0.15) is 0 Å². The first-order chi connectivity index (χ1) is 15.5. The highest BCUT2D eigenvalue weighted by molar-refractivity contribution is 7.84. The highest BCUT2D eigenvalue weighted by Crippen LogP contribution is 2.34. The molecule has 2 aromatic carbocycles. The third-order valence-electron chi connectivity index (χ3n) is 5.92. The molecule has 2 heterocycles. The number of carbonyl (C=O) groups excluding carboxylic acids is 1. The fourth-order valence-corrected chi connectivity index (χ4v) is 4.67. The largest absolute Gasteiger partial charge is 0.294 e. The second kappa shape index (κ2) is 8.39. The Hall–Kier alpha value is -3.19. The molecule has 32 heavy (non-hydrogen) atoms. The number of hydrogen-bond donors (Lipinski definition) is 0. The van der Waals surface area contributed by atoms with E-state index in [2.05, 4.69) is 9.97 Å². The Balaban J connectivity index is 1.54. The maximum absolute atomic E-state index is 14.1. The van der Waals surface area contributed by atoms with Crippen molar-refractivity contribution >= 4 is 27.5 Å². The van der Waals surface area contributed by atoms with Crippen LogP contribution in [0, 0.1) is 11.7 Å². The molecule has 7 heteroatoms. The molecule has 1 aliphatic rings. The van der Waals surface area contributed by atoms with Crippen LogP contribution in [0.25, 0.3) is 28.0 Å². The number of benzene rings is 2. The van der Waals surface area contributed by atoms with Gasteiger partial charge in [-0.15, -0.1) is 0 Å². The van der Waals surface area contributed by atoms with Crippen molar-refractivity contribution in [2.75, 3.05) is 6.26 Å². The van der Waals surface area contributed by atoms with Gasteiger partial charge in [-0.05, 0) is 24.5 Å².